The van der Waals surface area contributed by atoms with Crippen molar-refractivity contribution < 1.29 is 0 Å². The highest BCUT2D eigenvalue weighted by atomic mass is 35.5. The molecular weight excluding hydrogens is 329 g/mol. The third-order valence-corrected chi connectivity index (χ3v) is 3.86. The first-order valence-corrected chi connectivity index (χ1v) is 7.54. The van der Waals surface area contributed by atoms with E-state index in [9.17, 15) is 4.79 Å². The molecule has 21 heavy (non-hydrogen) atoms. The van der Waals surface area contributed by atoms with Crippen LogP contribution in [0.4, 0.5) is 11.6 Å². The second-order valence-electron chi connectivity index (χ2n) is 4.22. The number of benzene rings is 2. The fourth-order valence-corrected chi connectivity index (χ4v) is 2.71. The summed E-state index contributed by atoms with van der Waals surface area (Å²) in [5.74, 6) is 0.439. The average molecular weight is 338 g/mol. The molecule has 0 aliphatic heterocycles. The van der Waals surface area contributed by atoms with Gasteiger partial charge in [-0.1, -0.05) is 29.3 Å². The molecule has 2 aromatic carbocycles. The van der Waals surface area contributed by atoms with E-state index in [2.05, 4.69) is 9.69 Å². The van der Waals surface area contributed by atoms with Crippen LogP contribution in [0.25, 0.3) is 5.69 Å². The van der Waals surface area contributed by atoms with E-state index in [0.29, 0.717) is 21.7 Å². The van der Waals surface area contributed by atoms with Crippen LogP contribution in [0.1, 0.15) is 0 Å². The summed E-state index contributed by atoms with van der Waals surface area (Å²) < 4.78 is 5.62. The van der Waals surface area contributed by atoms with Gasteiger partial charge in [0.2, 0.25) is 5.95 Å². The summed E-state index contributed by atoms with van der Waals surface area (Å²) in [5.41, 5.74) is 1.46. The van der Waals surface area contributed by atoms with Crippen molar-refractivity contribution in [2.45, 2.75) is 0 Å². The molecular formula is C14H9Cl2N3OS. The highest BCUT2D eigenvalue weighted by Crippen LogP contribution is 2.21. The van der Waals surface area contributed by atoms with Gasteiger partial charge in [0.1, 0.15) is 0 Å². The lowest BCUT2D eigenvalue weighted by molar-refractivity contribution is 1.03. The maximum atomic E-state index is 12.0. The highest BCUT2D eigenvalue weighted by molar-refractivity contribution is 7.03. The summed E-state index contributed by atoms with van der Waals surface area (Å²) in [5, 5.41) is 4.30. The van der Waals surface area contributed by atoms with Gasteiger partial charge in [0.15, 0.2) is 0 Å². The van der Waals surface area contributed by atoms with Crippen molar-refractivity contribution in [3.05, 3.63) is 68.2 Å². The van der Waals surface area contributed by atoms with Crippen molar-refractivity contribution in [1.29, 1.82) is 0 Å². The van der Waals surface area contributed by atoms with Crippen LogP contribution in [-0.4, -0.2) is 8.94 Å². The minimum atomic E-state index is -0.186. The fraction of sp³-hybridized carbons (Fsp3) is 0. The van der Waals surface area contributed by atoms with Crippen LogP contribution in [0.15, 0.2) is 53.3 Å². The highest BCUT2D eigenvalue weighted by Gasteiger charge is 2.11. The third kappa shape index (κ3) is 3.10. The van der Waals surface area contributed by atoms with Crippen LogP contribution in [0.3, 0.4) is 0 Å². The molecule has 0 radical (unpaired) electrons. The quantitative estimate of drug-likeness (QED) is 0.773. The molecule has 0 amide bonds. The normalized spacial score (nSPS) is 10.6. The van der Waals surface area contributed by atoms with Gasteiger partial charge in [-0.25, -0.2) is 4.57 Å². The monoisotopic (exact) mass is 337 g/mol. The number of nitrogens with one attached hydrogen (secondary N) is 1. The van der Waals surface area contributed by atoms with E-state index < -0.39 is 0 Å². The summed E-state index contributed by atoms with van der Waals surface area (Å²) in [6.45, 7) is 0. The first-order valence-electron chi connectivity index (χ1n) is 6.01. The Morgan fingerprint density at radius 2 is 1.81 bits per heavy atom. The van der Waals surface area contributed by atoms with Crippen molar-refractivity contribution in [3.63, 3.8) is 0 Å². The van der Waals surface area contributed by atoms with Crippen molar-refractivity contribution >= 4 is 46.4 Å². The van der Waals surface area contributed by atoms with E-state index >= 15 is 0 Å². The molecule has 0 spiro atoms. The third-order valence-electron chi connectivity index (χ3n) is 2.77. The zero-order chi connectivity index (χ0) is 14.8. The van der Waals surface area contributed by atoms with Gasteiger partial charge < -0.3 is 5.32 Å². The van der Waals surface area contributed by atoms with Crippen LogP contribution in [-0.2, 0) is 0 Å². The molecule has 0 saturated heterocycles. The molecule has 1 aromatic heterocycles. The van der Waals surface area contributed by atoms with Gasteiger partial charge in [0.25, 0.3) is 0 Å². The van der Waals surface area contributed by atoms with E-state index in [1.165, 1.54) is 4.57 Å². The molecule has 0 atom stereocenters. The Morgan fingerprint density at radius 3 is 2.52 bits per heavy atom. The van der Waals surface area contributed by atoms with Crippen LogP contribution in [0.5, 0.6) is 0 Å². The lowest BCUT2D eigenvalue weighted by Crippen LogP contribution is -2.13. The Morgan fingerprint density at radius 1 is 1.05 bits per heavy atom. The Labute approximate surface area is 134 Å². The van der Waals surface area contributed by atoms with Gasteiger partial charge >= 0.3 is 4.87 Å². The minimum Gasteiger partial charge on any atom is -0.324 e. The minimum absolute atomic E-state index is 0.186. The van der Waals surface area contributed by atoms with Crippen LogP contribution < -0.4 is 10.2 Å². The topological polar surface area (TPSA) is 46.9 Å². The van der Waals surface area contributed by atoms with E-state index in [1.807, 2.05) is 12.1 Å². The Kier molecular flexibility index (Phi) is 3.96. The summed E-state index contributed by atoms with van der Waals surface area (Å²) in [6.07, 6.45) is 0. The van der Waals surface area contributed by atoms with E-state index in [0.717, 1.165) is 17.2 Å². The molecule has 0 unspecified atom stereocenters. The smallest absolute Gasteiger partial charge is 0.324 e. The van der Waals surface area contributed by atoms with Crippen molar-refractivity contribution in [1.82, 2.24) is 8.94 Å². The molecule has 1 heterocycles. The number of nitrogens with zero attached hydrogens (tertiary/aromatic N) is 2. The van der Waals surface area contributed by atoms with Gasteiger partial charge in [-0.3, -0.25) is 4.79 Å². The van der Waals surface area contributed by atoms with Gasteiger partial charge in [0, 0.05) is 27.3 Å². The summed E-state index contributed by atoms with van der Waals surface area (Å²) in [4.78, 5) is 11.8. The molecule has 3 rings (SSSR count). The lowest BCUT2D eigenvalue weighted by Gasteiger charge is -2.08. The standard InChI is InChI=1S/C14H9Cl2N3OS/c15-9-4-6-11(7-5-9)17-13-18-21-14(20)19(13)12-3-1-2-10(16)8-12/h1-8H,(H,17,18). The second kappa shape index (κ2) is 5.89. The van der Waals surface area contributed by atoms with Crippen molar-refractivity contribution in [2.75, 3.05) is 5.32 Å². The Balaban J connectivity index is 2.01. The van der Waals surface area contributed by atoms with Gasteiger partial charge in [-0.05, 0) is 42.5 Å². The van der Waals surface area contributed by atoms with Gasteiger partial charge in [-0.15, -0.1) is 0 Å². The van der Waals surface area contributed by atoms with E-state index in [1.54, 1.807) is 36.4 Å². The molecule has 4 nitrogen and oxygen atoms in total. The average Bonchev–Trinajstić information content (AvgIpc) is 2.82. The molecule has 0 aliphatic rings. The predicted octanol–water partition coefficient (Wildman–Crippen LogP) is 4.34. The van der Waals surface area contributed by atoms with E-state index in [-0.39, 0.29) is 4.87 Å². The van der Waals surface area contributed by atoms with Crippen LogP contribution in [0, 0.1) is 0 Å². The largest absolute Gasteiger partial charge is 0.332 e. The van der Waals surface area contributed by atoms with Crippen molar-refractivity contribution in [2.24, 2.45) is 0 Å². The fourth-order valence-electron chi connectivity index (χ4n) is 1.83. The SMILES string of the molecule is O=c1snc(Nc2ccc(Cl)cc2)n1-c1cccc(Cl)c1. The number of halogens is 2. The first kappa shape index (κ1) is 14.1. The lowest BCUT2D eigenvalue weighted by atomic mass is 10.3. The molecule has 3 aromatic rings. The van der Waals surface area contributed by atoms with Crippen LogP contribution in [0.2, 0.25) is 10.0 Å². The number of anilines is 2. The van der Waals surface area contributed by atoms with E-state index in [4.69, 9.17) is 23.2 Å². The number of hydrogen-bond acceptors (Lipinski definition) is 4. The number of rotatable bonds is 3. The van der Waals surface area contributed by atoms with Gasteiger partial charge in [0.05, 0.1) is 5.69 Å². The zero-order valence-corrected chi connectivity index (χ0v) is 12.9. The summed E-state index contributed by atoms with van der Waals surface area (Å²) in [6, 6.07) is 14.2. The molecule has 0 fully saturated rings. The summed E-state index contributed by atoms with van der Waals surface area (Å²) in [7, 11) is 0. The second-order valence-corrected chi connectivity index (χ2v) is 5.81. The van der Waals surface area contributed by atoms with Gasteiger partial charge in [-0.2, -0.15) is 4.37 Å². The summed E-state index contributed by atoms with van der Waals surface area (Å²) >= 11 is 12.7. The molecule has 7 heteroatoms. The number of hydrogen-bond donors (Lipinski definition) is 1. The molecule has 0 saturated carbocycles. The molecule has 1 N–H and O–H groups in total. The predicted molar refractivity (Wildman–Crippen MR) is 87.5 cm³/mol. The first-order chi connectivity index (χ1) is 10.1. The van der Waals surface area contributed by atoms with Crippen LogP contribution >= 0.6 is 34.7 Å². The molecule has 106 valence electrons. The Bertz CT molecular complexity index is 827. The molecule has 0 aliphatic carbocycles. The number of aromatic nitrogens is 2. The maximum Gasteiger partial charge on any atom is 0.332 e. The Hall–Kier alpha value is -1.82. The molecule has 0 bridgehead atoms. The van der Waals surface area contributed by atoms with Crippen molar-refractivity contribution in [3.8, 4) is 5.69 Å². The maximum absolute atomic E-state index is 12.0. The zero-order valence-electron chi connectivity index (χ0n) is 10.6.